The lowest BCUT2D eigenvalue weighted by Gasteiger charge is -2.11. The highest BCUT2D eigenvalue weighted by Gasteiger charge is 2.07. The first-order valence-corrected chi connectivity index (χ1v) is 8.25. The molecule has 116 valence electrons. The second kappa shape index (κ2) is 6.57. The number of hydrogen-bond acceptors (Lipinski definition) is 3. The summed E-state index contributed by atoms with van der Waals surface area (Å²) in [5, 5.41) is 10.9. The van der Waals surface area contributed by atoms with Gasteiger partial charge in [-0.15, -0.1) is 0 Å². The van der Waals surface area contributed by atoms with Crippen LogP contribution >= 0.6 is 23.8 Å². The molecular formula is C13H11ClFN3O2S2. The summed E-state index contributed by atoms with van der Waals surface area (Å²) in [7, 11) is -3.73. The Hall–Kier alpha value is -1.74. The molecule has 0 fully saturated rings. The lowest BCUT2D eigenvalue weighted by atomic mass is 10.3. The van der Waals surface area contributed by atoms with E-state index in [4.69, 9.17) is 29.0 Å². The third kappa shape index (κ3) is 4.38. The molecule has 5 nitrogen and oxygen atoms in total. The zero-order valence-corrected chi connectivity index (χ0v) is 13.4. The first kappa shape index (κ1) is 16.6. The molecule has 2 rings (SSSR count). The Kier molecular flexibility index (Phi) is 4.97. The van der Waals surface area contributed by atoms with Gasteiger partial charge in [-0.3, -0.25) is 0 Å². The lowest BCUT2D eigenvalue weighted by Crippen LogP contribution is -2.19. The number of nitrogens with two attached hydrogens (primary N) is 1. The fourth-order valence-corrected chi connectivity index (χ4v) is 2.53. The number of hydrogen-bond donors (Lipinski definition) is 3. The Labute approximate surface area is 137 Å². The van der Waals surface area contributed by atoms with Gasteiger partial charge in [0, 0.05) is 11.4 Å². The Balaban J connectivity index is 2.04. The molecular weight excluding hydrogens is 349 g/mol. The lowest BCUT2D eigenvalue weighted by molar-refractivity contribution is 0.598. The van der Waals surface area contributed by atoms with Crippen molar-refractivity contribution in [3.05, 3.63) is 53.3 Å². The van der Waals surface area contributed by atoms with Crippen molar-refractivity contribution in [3.8, 4) is 0 Å². The van der Waals surface area contributed by atoms with E-state index >= 15 is 0 Å². The first-order valence-electron chi connectivity index (χ1n) is 5.91. The van der Waals surface area contributed by atoms with E-state index in [0.717, 1.165) is 0 Å². The van der Waals surface area contributed by atoms with Crippen LogP contribution in [0.3, 0.4) is 0 Å². The molecule has 0 spiro atoms. The van der Waals surface area contributed by atoms with Crippen LogP contribution in [0.15, 0.2) is 47.4 Å². The third-order valence-electron chi connectivity index (χ3n) is 2.62. The number of benzene rings is 2. The molecule has 0 atom stereocenters. The third-order valence-corrected chi connectivity index (χ3v) is 4.04. The second-order valence-electron chi connectivity index (χ2n) is 4.28. The molecule has 0 heterocycles. The highest BCUT2D eigenvalue weighted by Crippen LogP contribution is 2.20. The Morgan fingerprint density at radius 3 is 2.18 bits per heavy atom. The summed E-state index contributed by atoms with van der Waals surface area (Å²) in [6.07, 6.45) is 0. The van der Waals surface area contributed by atoms with E-state index < -0.39 is 15.8 Å². The van der Waals surface area contributed by atoms with Crippen molar-refractivity contribution in [2.24, 2.45) is 5.14 Å². The summed E-state index contributed by atoms with van der Waals surface area (Å²) in [6, 6.07) is 9.85. The molecule has 9 heteroatoms. The average Bonchev–Trinajstić information content (AvgIpc) is 2.42. The van der Waals surface area contributed by atoms with Crippen LogP contribution in [0.5, 0.6) is 0 Å². The Bertz CT molecular complexity index is 811. The van der Waals surface area contributed by atoms with E-state index in [1.165, 1.54) is 42.5 Å². The molecule has 2 aromatic rings. The molecule has 0 aliphatic heterocycles. The van der Waals surface area contributed by atoms with Crippen molar-refractivity contribution < 1.29 is 12.8 Å². The van der Waals surface area contributed by atoms with Gasteiger partial charge in [-0.2, -0.15) is 0 Å². The van der Waals surface area contributed by atoms with Crippen molar-refractivity contribution in [1.29, 1.82) is 0 Å². The molecule has 0 aliphatic rings. The van der Waals surface area contributed by atoms with Crippen molar-refractivity contribution >= 4 is 50.3 Å². The molecule has 0 aliphatic carbocycles. The summed E-state index contributed by atoms with van der Waals surface area (Å²) in [5.74, 6) is -0.523. The number of anilines is 2. The zero-order chi connectivity index (χ0) is 16.3. The normalized spacial score (nSPS) is 11.0. The topological polar surface area (TPSA) is 84.2 Å². The maximum atomic E-state index is 13.0. The van der Waals surface area contributed by atoms with Gasteiger partial charge in [-0.05, 0) is 54.7 Å². The highest BCUT2D eigenvalue weighted by atomic mass is 35.5. The molecule has 0 bridgehead atoms. The van der Waals surface area contributed by atoms with Crippen molar-refractivity contribution in [2.45, 2.75) is 4.90 Å². The smallest absolute Gasteiger partial charge is 0.238 e. The number of rotatable bonds is 3. The summed E-state index contributed by atoms with van der Waals surface area (Å²) >= 11 is 10.8. The van der Waals surface area contributed by atoms with Crippen LogP contribution in [-0.4, -0.2) is 13.5 Å². The van der Waals surface area contributed by atoms with Crippen molar-refractivity contribution in [2.75, 3.05) is 10.6 Å². The van der Waals surface area contributed by atoms with Crippen LogP contribution in [-0.2, 0) is 10.0 Å². The van der Waals surface area contributed by atoms with Gasteiger partial charge >= 0.3 is 0 Å². The van der Waals surface area contributed by atoms with Gasteiger partial charge in [0.05, 0.1) is 9.92 Å². The van der Waals surface area contributed by atoms with E-state index in [-0.39, 0.29) is 15.0 Å². The van der Waals surface area contributed by atoms with Crippen LogP contribution in [0.4, 0.5) is 15.8 Å². The first-order chi connectivity index (χ1) is 10.3. The highest BCUT2D eigenvalue weighted by molar-refractivity contribution is 7.89. The van der Waals surface area contributed by atoms with Gasteiger partial charge in [0.25, 0.3) is 0 Å². The fourth-order valence-electron chi connectivity index (χ4n) is 1.60. The molecule has 0 saturated heterocycles. The summed E-state index contributed by atoms with van der Waals surface area (Å²) < 4.78 is 35.3. The summed E-state index contributed by atoms with van der Waals surface area (Å²) in [4.78, 5) is 0.00208. The minimum Gasteiger partial charge on any atom is -0.332 e. The standard InChI is InChI=1S/C13H11ClFN3O2S2/c14-11-7-9(3-6-12(11)15)18-13(21)17-8-1-4-10(5-2-8)22(16,19)20/h1-7H,(H2,16,19,20)(H2,17,18,21). The molecule has 22 heavy (non-hydrogen) atoms. The van der Waals surface area contributed by atoms with Crippen LogP contribution in [0.25, 0.3) is 0 Å². The number of thiocarbonyl (C=S) groups is 1. The molecule has 4 N–H and O–H groups in total. The predicted molar refractivity (Wildman–Crippen MR) is 89.1 cm³/mol. The minimum absolute atomic E-state index is 0.00208. The maximum Gasteiger partial charge on any atom is 0.238 e. The van der Waals surface area contributed by atoms with E-state index in [0.29, 0.717) is 11.4 Å². The fraction of sp³-hybridized carbons (Fsp3) is 0. The van der Waals surface area contributed by atoms with E-state index in [1.54, 1.807) is 0 Å². The minimum atomic E-state index is -3.73. The van der Waals surface area contributed by atoms with Crippen LogP contribution in [0, 0.1) is 5.82 Å². The van der Waals surface area contributed by atoms with E-state index in [1.807, 2.05) is 0 Å². The molecule has 2 aromatic carbocycles. The maximum absolute atomic E-state index is 13.0. The van der Waals surface area contributed by atoms with Gasteiger partial charge in [-0.25, -0.2) is 17.9 Å². The number of halogens is 2. The number of primary sulfonamides is 1. The van der Waals surface area contributed by atoms with E-state index in [2.05, 4.69) is 10.6 Å². The number of sulfonamides is 1. The molecule has 0 radical (unpaired) electrons. The van der Waals surface area contributed by atoms with Crippen LogP contribution in [0.1, 0.15) is 0 Å². The second-order valence-corrected chi connectivity index (χ2v) is 6.65. The molecule has 0 aromatic heterocycles. The van der Waals surface area contributed by atoms with Gasteiger partial charge in [0.2, 0.25) is 10.0 Å². The number of nitrogens with one attached hydrogen (secondary N) is 2. The molecule has 0 saturated carbocycles. The summed E-state index contributed by atoms with van der Waals surface area (Å²) in [5.41, 5.74) is 1.09. The zero-order valence-electron chi connectivity index (χ0n) is 11.0. The monoisotopic (exact) mass is 359 g/mol. The van der Waals surface area contributed by atoms with Crippen molar-refractivity contribution in [1.82, 2.24) is 0 Å². The van der Waals surface area contributed by atoms with Gasteiger partial charge in [0.1, 0.15) is 5.82 Å². The van der Waals surface area contributed by atoms with Crippen molar-refractivity contribution in [3.63, 3.8) is 0 Å². The van der Waals surface area contributed by atoms with Crippen LogP contribution in [0.2, 0.25) is 5.02 Å². The van der Waals surface area contributed by atoms with Crippen LogP contribution < -0.4 is 15.8 Å². The van der Waals surface area contributed by atoms with Gasteiger partial charge in [0.15, 0.2) is 5.11 Å². The Morgan fingerprint density at radius 2 is 1.64 bits per heavy atom. The SMILES string of the molecule is NS(=O)(=O)c1ccc(NC(=S)Nc2ccc(F)c(Cl)c2)cc1. The average molecular weight is 360 g/mol. The quantitative estimate of drug-likeness (QED) is 0.734. The molecule has 0 unspecified atom stereocenters. The molecule has 0 amide bonds. The Morgan fingerprint density at radius 1 is 1.09 bits per heavy atom. The predicted octanol–water partition coefficient (Wildman–Crippen LogP) is 2.94. The van der Waals surface area contributed by atoms with Gasteiger partial charge in [-0.1, -0.05) is 11.6 Å². The summed E-state index contributed by atoms with van der Waals surface area (Å²) in [6.45, 7) is 0. The van der Waals surface area contributed by atoms with E-state index in [9.17, 15) is 12.8 Å². The van der Waals surface area contributed by atoms with Gasteiger partial charge < -0.3 is 10.6 Å². The largest absolute Gasteiger partial charge is 0.332 e.